The van der Waals surface area contributed by atoms with Gasteiger partial charge < -0.3 is 10.2 Å². The van der Waals surface area contributed by atoms with E-state index in [0.29, 0.717) is 24.5 Å². The zero-order valence-corrected chi connectivity index (χ0v) is 13.8. The van der Waals surface area contributed by atoms with Gasteiger partial charge in [-0.15, -0.1) is 0 Å². The highest BCUT2D eigenvalue weighted by Crippen LogP contribution is 2.26. The molecule has 2 aromatic rings. The summed E-state index contributed by atoms with van der Waals surface area (Å²) in [5.74, 6) is 0.183. The van der Waals surface area contributed by atoms with Gasteiger partial charge in [0, 0.05) is 37.0 Å². The molecular formula is C17H17ClN4O2. The number of hydrogen-bond acceptors (Lipinski definition) is 3. The van der Waals surface area contributed by atoms with Crippen LogP contribution in [0.1, 0.15) is 34.8 Å². The minimum atomic E-state index is -0.125. The second-order valence-corrected chi connectivity index (χ2v) is 6.69. The Hall–Kier alpha value is -2.34. The molecule has 1 atom stereocenters. The Morgan fingerprint density at radius 2 is 2.21 bits per heavy atom. The van der Waals surface area contributed by atoms with E-state index >= 15 is 0 Å². The van der Waals surface area contributed by atoms with Gasteiger partial charge in [0.15, 0.2) is 5.78 Å². The summed E-state index contributed by atoms with van der Waals surface area (Å²) in [6.07, 6.45) is 5.56. The third-order valence-corrected chi connectivity index (χ3v) is 4.87. The number of rotatable bonds is 2. The molecule has 124 valence electrons. The lowest BCUT2D eigenvalue weighted by Crippen LogP contribution is -2.33. The molecular weight excluding hydrogens is 328 g/mol. The molecule has 1 aliphatic heterocycles. The van der Waals surface area contributed by atoms with Gasteiger partial charge in [0.1, 0.15) is 0 Å². The third-order valence-electron chi connectivity index (χ3n) is 4.67. The zero-order valence-electron chi connectivity index (χ0n) is 13.0. The maximum atomic E-state index is 12.5. The summed E-state index contributed by atoms with van der Waals surface area (Å²) in [5, 5.41) is 7.74. The van der Waals surface area contributed by atoms with Crippen molar-refractivity contribution in [3.05, 3.63) is 46.7 Å². The second-order valence-electron chi connectivity index (χ2n) is 6.25. The van der Waals surface area contributed by atoms with Gasteiger partial charge in [-0.05, 0) is 36.6 Å². The summed E-state index contributed by atoms with van der Waals surface area (Å²) < 4.78 is 1.82. The summed E-state index contributed by atoms with van der Waals surface area (Å²) in [6.45, 7) is 1.28. The minimum Gasteiger partial charge on any atom is -0.322 e. The van der Waals surface area contributed by atoms with Crippen LogP contribution in [0, 0.1) is 0 Å². The molecule has 2 amide bonds. The molecule has 1 aromatic heterocycles. The van der Waals surface area contributed by atoms with E-state index in [2.05, 4.69) is 10.4 Å². The lowest BCUT2D eigenvalue weighted by atomic mass is 10.1. The van der Waals surface area contributed by atoms with Crippen LogP contribution < -0.4 is 5.32 Å². The number of amides is 2. The van der Waals surface area contributed by atoms with E-state index < -0.39 is 0 Å². The zero-order chi connectivity index (χ0) is 16.7. The first-order chi connectivity index (χ1) is 11.6. The molecule has 1 fully saturated rings. The van der Waals surface area contributed by atoms with Crippen molar-refractivity contribution in [3.63, 3.8) is 0 Å². The monoisotopic (exact) mass is 344 g/mol. The normalized spacial score (nSPS) is 19.6. The summed E-state index contributed by atoms with van der Waals surface area (Å²) in [7, 11) is 0. The van der Waals surface area contributed by atoms with Crippen molar-refractivity contribution in [3.8, 4) is 0 Å². The maximum absolute atomic E-state index is 12.5. The molecule has 1 saturated heterocycles. The second kappa shape index (κ2) is 5.94. The molecule has 4 rings (SSSR count). The topological polar surface area (TPSA) is 67.2 Å². The predicted molar refractivity (Wildman–Crippen MR) is 90.6 cm³/mol. The van der Waals surface area contributed by atoms with Crippen LogP contribution in [-0.4, -0.2) is 39.6 Å². The summed E-state index contributed by atoms with van der Waals surface area (Å²) in [4.78, 5) is 25.9. The summed E-state index contributed by atoms with van der Waals surface area (Å²) >= 11 is 5.90. The van der Waals surface area contributed by atoms with E-state index in [1.807, 2.05) is 10.7 Å². The van der Waals surface area contributed by atoms with Crippen LogP contribution in [0.4, 0.5) is 10.5 Å². The van der Waals surface area contributed by atoms with Gasteiger partial charge >= 0.3 is 6.03 Å². The van der Waals surface area contributed by atoms with E-state index in [4.69, 9.17) is 11.6 Å². The number of anilines is 1. The number of Topliss-reactive ketones (excluding diaryl/α,β-unsaturated/α-hetero) is 1. The van der Waals surface area contributed by atoms with Gasteiger partial charge in [0.05, 0.1) is 17.3 Å². The van der Waals surface area contributed by atoms with Crippen LogP contribution in [0.25, 0.3) is 0 Å². The Morgan fingerprint density at radius 1 is 1.33 bits per heavy atom. The molecule has 0 unspecified atom stereocenters. The number of benzene rings is 1. The number of urea groups is 1. The highest BCUT2D eigenvalue weighted by molar-refractivity contribution is 6.30. The Bertz CT molecular complexity index is 817. The van der Waals surface area contributed by atoms with Crippen molar-refractivity contribution >= 4 is 29.1 Å². The first kappa shape index (κ1) is 15.2. The Balaban J connectivity index is 1.41. The quantitative estimate of drug-likeness (QED) is 0.910. The molecule has 2 heterocycles. The average molecular weight is 345 g/mol. The minimum absolute atomic E-state index is 0.125. The van der Waals surface area contributed by atoms with Crippen molar-refractivity contribution < 1.29 is 9.59 Å². The Labute approximate surface area is 144 Å². The molecule has 0 saturated carbocycles. The van der Waals surface area contributed by atoms with Crippen LogP contribution >= 0.6 is 11.6 Å². The Morgan fingerprint density at radius 3 is 3.00 bits per heavy atom. The predicted octanol–water partition coefficient (Wildman–Crippen LogP) is 3.14. The SMILES string of the molecule is O=C1CCc2cc(NC(=O)N3CC[C@H](n4cc(Cl)cn4)C3)ccc21. The fourth-order valence-electron chi connectivity index (χ4n) is 3.39. The number of carbonyl (C=O) groups excluding carboxylic acids is 2. The summed E-state index contributed by atoms with van der Waals surface area (Å²) in [6, 6.07) is 5.53. The molecule has 1 aliphatic carbocycles. The molecule has 0 radical (unpaired) electrons. The number of nitrogens with one attached hydrogen (secondary N) is 1. The number of halogens is 1. The van der Waals surface area contributed by atoms with Crippen molar-refractivity contribution in [1.29, 1.82) is 0 Å². The number of hydrogen-bond donors (Lipinski definition) is 1. The first-order valence-corrected chi connectivity index (χ1v) is 8.39. The number of carbonyl (C=O) groups is 2. The average Bonchev–Trinajstić information content (AvgIpc) is 3.27. The van der Waals surface area contributed by atoms with Gasteiger partial charge in [-0.25, -0.2) is 4.79 Å². The molecule has 1 aromatic carbocycles. The largest absolute Gasteiger partial charge is 0.322 e. The van der Waals surface area contributed by atoms with Crippen LogP contribution in [0.2, 0.25) is 5.02 Å². The molecule has 1 N–H and O–H groups in total. The van der Waals surface area contributed by atoms with E-state index in [-0.39, 0.29) is 17.9 Å². The van der Waals surface area contributed by atoms with E-state index in [1.165, 1.54) is 0 Å². The molecule has 0 bridgehead atoms. The summed E-state index contributed by atoms with van der Waals surface area (Å²) in [5.41, 5.74) is 2.53. The highest BCUT2D eigenvalue weighted by Gasteiger charge is 2.28. The number of aryl methyl sites for hydroxylation is 1. The number of likely N-dealkylation sites (tertiary alicyclic amines) is 1. The number of fused-ring (bicyclic) bond motifs is 1. The van der Waals surface area contributed by atoms with Gasteiger partial charge in [-0.3, -0.25) is 9.48 Å². The van der Waals surface area contributed by atoms with Crippen molar-refractivity contribution in [1.82, 2.24) is 14.7 Å². The van der Waals surface area contributed by atoms with Crippen LogP contribution in [-0.2, 0) is 6.42 Å². The number of nitrogens with zero attached hydrogens (tertiary/aromatic N) is 3. The molecule has 24 heavy (non-hydrogen) atoms. The van der Waals surface area contributed by atoms with Gasteiger partial charge in [-0.2, -0.15) is 5.10 Å². The molecule has 0 spiro atoms. The van der Waals surface area contributed by atoms with Gasteiger partial charge in [0.2, 0.25) is 0 Å². The van der Waals surface area contributed by atoms with E-state index in [1.54, 1.807) is 29.4 Å². The third kappa shape index (κ3) is 2.78. The van der Waals surface area contributed by atoms with Crippen LogP contribution in [0.3, 0.4) is 0 Å². The molecule has 7 heteroatoms. The molecule has 6 nitrogen and oxygen atoms in total. The van der Waals surface area contributed by atoms with Gasteiger partial charge in [0.25, 0.3) is 0 Å². The number of ketones is 1. The van der Waals surface area contributed by atoms with Crippen molar-refractivity contribution in [2.24, 2.45) is 0 Å². The fourth-order valence-corrected chi connectivity index (χ4v) is 3.54. The standard InChI is InChI=1S/C17H17ClN4O2/c18-12-8-19-22(9-12)14-5-6-21(10-14)17(24)20-13-2-3-15-11(7-13)1-4-16(15)23/h2-3,7-9,14H,1,4-6,10H2,(H,20,24)/t14-/m0/s1. The van der Waals surface area contributed by atoms with Gasteiger partial charge in [-0.1, -0.05) is 11.6 Å². The molecule has 2 aliphatic rings. The van der Waals surface area contributed by atoms with Crippen LogP contribution in [0.15, 0.2) is 30.6 Å². The van der Waals surface area contributed by atoms with Crippen LogP contribution in [0.5, 0.6) is 0 Å². The highest BCUT2D eigenvalue weighted by atomic mass is 35.5. The lowest BCUT2D eigenvalue weighted by Gasteiger charge is -2.18. The Kier molecular flexibility index (Phi) is 3.76. The maximum Gasteiger partial charge on any atom is 0.321 e. The number of aromatic nitrogens is 2. The first-order valence-electron chi connectivity index (χ1n) is 8.02. The van der Waals surface area contributed by atoms with E-state index in [9.17, 15) is 9.59 Å². The van der Waals surface area contributed by atoms with Crippen molar-refractivity contribution in [2.45, 2.75) is 25.3 Å². The van der Waals surface area contributed by atoms with E-state index in [0.717, 1.165) is 29.7 Å². The van der Waals surface area contributed by atoms with Crippen molar-refractivity contribution in [2.75, 3.05) is 18.4 Å². The lowest BCUT2D eigenvalue weighted by molar-refractivity contribution is 0.0994. The fraction of sp³-hybridized carbons (Fsp3) is 0.353. The smallest absolute Gasteiger partial charge is 0.321 e.